The summed E-state index contributed by atoms with van der Waals surface area (Å²) in [5.74, 6) is 0.155. The van der Waals surface area contributed by atoms with Gasteiger partial charge in [0, 0.05) is 4.47 Å². The van der Waals surface area contributed by atoms with Crippen LogP contribution in [0.5, 0.6) is 0 Å². The number of nitrogen functional groups attached to an aromatic ring is 1. The standard InChI is InChI=1S/C9H7BrClF2N3/c10-4-1-2-5(11)7-8(4)16(3-6(12)13)15-9(7)14/h1-2,6H,3H2,(H2,14,15). The number of aromatic nitrogens is 2. The van der Waals surface area contributed by atoms with E-state index in [2.05, 4.69) is 21.0 Å². The number of nitrogens with zero attached hydrogens (tertiary/aromatic N) is 2. The Hall–Kier alpha value is -0.880. The van der Waals surface area contributed by atoms with Gasteiger partial charge in [0.05, 0.1) is 15.9 Å². The maximum absolute atomic E-state index is 12.3. The Balaban J connectivity index is 2.72. The summed E-state index contributed by atoms with van der Waals surface area (Å²) in [4.78, 5) is 0. The molecule has 2 aromatic rings. The molecule has 0 bridgehead atoms. The lowest BCUT2D eigenvalue weighted by atomic mass is 10.2. The van der Waals surface area contributed by atoms with Crippen LogP contribution in [0.25, 0.3) is 10.9 Å². The van der Waals surface area contributed by atoms with E-state index in [0.29, 0.717) is 20.4 Å². The number of halogens is 4. The quantitative estimate of drug-likeness (QED) is 0.925. The molecule has 2 N–H and O–H groups in total. The van der Waals surface area contributed by atoms with Gasteiger partial charge >= 0.3 is 0 Å². The molecule has 0 amide bonds. The fraction of sp³-hybridized carbons (Fsp3) is 0.222. The topological polar surface area (TPSA) is 43.8 Å². The lowest BCUT2D eigenvalue weighted by Crippen LogP contribution is -2.08. The van der Waals surface area contributed by atoms with Gasteiger partial charge in [-0.15, -0.1) is 0 Å². The summed E-state index contributed by atoms with van der Waals surface area (Å²) in [6.45, 7) is -0.507. The first-order valence-corrected chi connectivity index (χ1v) is 5.56. The minimum Gasteiger partial charge on any atom is -0.382 e. The predicted molar refractivity (Wildman–Crippen MR) is 62.9 cm³/mol. The van der Waals surface area contributed by atoms with Gasteiger partial charge in [0.25, 0.3) is 6.43 Å². The maximum Gasteiger partial charge on any atom is 0.257 e. The van der Waals surface area contributed by atoms with Crippen LogP contribution < -0.4 is 5.73 Å². The number of nitrogens with two attached hydrogens (primary N) is 1. The van der Waals surface area contributed by atoms with Gasteiger partial charge in [-0.1, -0.05) is 11.6 Å². The van der Waals surface area contributed by atoms with E-state index in [-0.39, 0.29) is 5.82 Å². The zero-order valence-corrected chi connectivity index (χ0v) is 10.3. The van der Waals surface area contributed by atoms with Gasteiger partial charge in [-0.3, -0.25) is 4.68 Å². The second-order valence-corrected chi connectivity index (χ2v) is 4.47. The molecule has 1 heterocycles. The molecule has 16 heavy (non-hydrogen) atoms. The minimum absolute atomic E-state index is 0.155. The summed E-state index contributed by atoms with van der Waals surface area (Å²) in [6, 6.07) is 3.31. The molecule has 7 heteroatoms. The molecule has 0 aliphatic heterocycles. The Kier molecular flexibility index (Phi) is 3.03. The van der Waals surface area contributed by atoms with Crippen LogP contribution in [-0.4, -0.2) is 16.2 Å². The molecule has 0 aliphatic rings. The molecule has 3 nitrogen and oxygen atoms in total. The van der Waals surface area contributed by atoms with Crippen molar-refractivity contribution < 1.29 is 8.78 Å². The SMILES string of the molecule is Nc1nn(CC(F)F)c2c(Br)ccc(Cl)c12. The van der Waals surface area contributed by atoms with Gasteiger partial charge in [-0.2, -0.15) is 5.10 Å². The van der Waals surface area contributed by atoms with Crippen molar-refractivity contribution in [1.82, 2.24) is 9.78 Å². The summed E-state index contributed by atoms with van der Waals surface area (Å²) < 4.78 is 26.5. The first-order chi connectivity index (χ1) is 7.50. The van der Waals surface area contributed by atoms with Crippen molar-refractivity contribution in [3.05, 3.63) is 21.6 Å². The Bertz CT molecular complexity index is 541. The Morgan fingerprint density at radius 1 is 1.50 bits per heavy atom. The molecule has 1 aromatic carbocycles. The number of fused-ring (bicyclic) bond motifs is 1. The van der Waals surface area contributed by atoms with Crippen LogP contribution in [0.3, 0.4) is 0 Å². The third-order valence-corrected chi connectivity index (χ3v) is 3.09. The van der Waals surface area contributed by atoms with Gasteiger partial charge < -0.3 is 5.73 Å². The van der Waals surface area contributed by atoms with E-state index in [1.807, 2.05) is 0 Å². The zero-order chi connectivity index (χ0) is 11.9. The Labute approximate surface area is 103 Å². The lowest BCUT2D eigenvalue weighted by molar-refractivity contribution is 0.123. The van der Waals surface area contributed by atoms with Crippen molar-refractivity contribution >= 4 is 44.3 Å². The van der Waals surface area contributed by atoms with E-state index in [0.717, 1.165) is 4.68 Å². The summed E-state index contributed by atoms with van der Waals surface area (Å²) in [6.07, 6.45) is -2.49. The van der Waals surface area contributed by atoms with Crippen LogP contribution in [0.4, 0.5) is 14.6 Å². The number of hydrogen-bond donors (Lipinski definition) is 1. The molecule has 0 spiro atoms. The van der Waals surface area contributed by atoms with Gasteiger partial charge in [0.15, 0.2) is 5.82 Å². The second kappa shape index (κ2) is 4.18. The molecule has 0 saturated carbocycles. The first kappa shape index (κ1) is 11.6. The van der Waals surface area contributed by atoms with E-state index >= 15 is 0 Å². The molecular formula is C9H7BrClF2N3. The Morgan fingerprint density at radius 2 is 2.19 bits per heavy atom. The van der Waals surface area contributed by atoms with Gasteiger partial charge in [-0.05, 0) is 28.1 Å². The molecule has 0 radical (unpaired) electrons. The van der Waals surface area contributed by atoms with E-state index < -0.39 is 13.0 Å². The maximum atomic E-state index is 12.3. The minimum atomic E-state index is -2.49. The molecule has 2 rings (SSSR count). The smallest absolute Gasteiger partial charge is 0.257 e. The first-order valence-electron chi connectivity index (χ1n) is 4.39. The molecular weight excluding hydrogens is 303 g/mol. The summed E-state index contributed by atoms with van der Waals surface area (Å²) >= 11 is 9.21. The highest BCUT2D eigenvalue weighted by Gasteiger charge is 2.16. The normalized spacial score (nSPS) is 11.6. The van der Waals surface area contributed by atoms with Crippen LogP contribution in [-0.2, 0) is 6.54 Å². The molecule has 1 aromatic heterocycles. The highest BCUT2D eigenvalue weighted by molar-refractivity contribution is 9.10. The third-order valence-electron chi connectivity index (χ3n) is 2.13. The fourth-order valence-corrected chi connectivity index (χ4v) is 2.31. The average Bonchev–Trinajstić information content (AvgIpc) is 2.49. The summed E-state index contributed by atoms with van der Waals surface area (Å²) in [5, 5.41) is 4.75. The zero-order valence-electron chi connectivity index (χ0n) is 7.92. The summed E-state index contributed by atoms with van der Waals surface area (Å²) in [5.41, 5.74) is 6.13. The van der Waals surface area contributed by atoms with E-state index in [1.165, 1.54) is 0 Å². The Morgan fingerprint density at radius 3 is 2.81 bits per heavy atom. The predicted octanol–water partition coefficient (Wildman–Crippen LogP) is 3.30. The lowest BCUT2D eigenvalue weighted by Gasteiger charge is -2.03. The number of rotatable bonds is 2. The van der Waals surface area contributed by atoms with Gasteiger partial charge in [-0.25, -0.2) is 8.78 Å². The molecule has 0 saturated heterocycles. The van der Waals surface area contributed by atoms with E-state index in [9.17, 15) is 8.78 Å². The van der Waals surface area contributed by atoms with Crippen LogP contribution in [0.2, 0.25) is 5.02 Å². The van der Waals surface area contributed by atoms with Gasteiger partial charge in [0.2, 0.25) is 0 Å². The van der Waals surface area contributed by atoms with Gasteiger partial charge in [0.1, 0.15) is 6.54 Å². The third kappa shape index (κ3) is 1.87. The van der Waals surface area contributed by atoms with Crippen molar-refractivity contribution in [1.29, 1.82) is 0 Å². The fourth-order valence-electron chi connectivity index (χ4n) is 1.53. The molecule has 0 atom stereocenters. The number of hydrogen-bond acceptors (Lipinski definition) is 2. The average molecular weight is 311 g/mol. The van der Waals surface area contributed by atoms with Crippen molar-refractivity contribution in [2.75, 3.05) is 5.73 Å². The van der Waals surface area contributed by atoms with E-state index in [1.54, 1.807) is 12.1 Å². The van der Waals surface area contributed by atoms with E-state index in [4.69, 9.17) is 17.3 Å². The summed E-state index contributed by atoms with van der Waals surface area (Å²) in [7, 11) is 0. The number of alkyl halides is 2. The highest BCUT2D eigenvalue weighted by Crippen LogP contribution is 2.33. The van der Waals surface area contributed by atoms with Crippen molar-refractivity contribution in [3.8, 4) is 0 Å². The molecule has 0 unspecified atom stereocenters. The largest absolute Gasteiger partial charge is 0.382 e. The van der Waals surface area contributed by atoms with Crippen LogP contribution in [0.1, 0.15) is 0 Å². The van der Waals surface area contributed by atoms with Crippen LogP contribution in [0, 0.1) is 0 Å². The van der Waals surface area contributed by atoms with Crippen LogP contribution >= 0.6 is 27.5 Å². The van der Waals surface area contributed by atoms with Crippen molar-refractivity contribution in [3.63, 3.8) is 0 Å². The highest BCUT2D eigenvalue weighted by atomic mass is 79.9. The molecule has 0 aliphatic carbocycles. The molecule has 86 valence electrons. The van der Waals surface area contributed by atoms with Crippen molar-refractivity contribution in [2.24, 2.45) is 0 Å². The van der Waals surface area contributed by atoms with Crippen LogP contribution in [0.15, 0.2) is 16.6 Å². The monoisotopic (exact) mass is 309 g/mol. The second-order valence-electron chi connectivity index (χ2n) is 3.21. The molecule has 0 fully saturated rings. The number of benzene rings is 1. The number of anilines is 1. The van der Waals surface area contributed by atoms with Crippen molar-refractivity contribution in [2.45, 2.75) is 13.0 Å².